The zero-order valence-corrected chi connectivity index (χ0v) is 13.0. The number of thiocarbonyl (C=S) groups is 1. The van der Waals surface area contributed by atoms with Gasteiger partial charge in [0.1, 0.15) is 0 Å². The standard InChI is InChI=1S/C13H26N2S2/c1-11(9-10-17-3)15(2)13(16)14-12-7-5-4-6-8-12/h11-12H,4-10H2,1-3H3,(H,14,16). The Morgan fingerprint density at radius 1 is 1.41 bits per heavy atom. The van der Waals surface area contributed by atoms with Gasteiger partial charge in [0.2, 0.25) is 0 Å². The van der Waals surface area contributed by atoms with E-state index in [-0.39, 0.29) is 0 Å². The summed E-state index contributed by atoms with van der Waals surface area (Å²) >= 11 is 7.40. The molecular formula is C13H26N2S2. The minimum Gasteiger partial charge on any atom is -0.360 e. The third-order valence-electron chi connectivity index (χ3n) is 3.65. The van der Waals surface area contributed by atoms with Crippen LogP contribution < -0.4 is 5.32 Å². The van der Waals surface area contributed by atoms with Crippen molar-refractivity contribution >= 4 is 29.1 Å². The lowest BCUT2D eigenvalue weighted by Gasteiger charge is -2.32. The number of thioether (sulfide) groups is 1. The van der Waals surface area contributed by atoms with E-state index >= 15 is 0 Å². The first-order valence-corrected chi connectivity index (χ1v) is 8.47. The number of nitrogens with zero attached hydrogens (tertiary/aromatic N) is 1. The molecule has 1 aliphatic rings. The number of hydrogen-bond donors (Lipinski definition) is 1. The van der Waals surface area contributed by atoms with Crippen LogP contribution in [-0.2, 0) is 0 Å². The second-order valence-corrected chi connectivity index (χ2v) is 6.40. The molecule has 0 saturated heterocycles. The van der Waals surface area contributed by atoms with E-state index in [0.29, 0.717) is 12.1 Å². The first-order valence-electron chi connectivity index (χ1n) is 6.67. The van der Waals surface area contributed by atoms with Crippen LogP contribution in [0.15, 0.2) is 0 Å². The van der Waals surface area contributed by atoms with E-state index in [4.69, 9.17) is 12.2 Å². The molecule has 1 atom stereocenters. The van der Waals surface area contributed by atoms with E-state index in [9.17, 15) is 0 Å². The zero-order chi connectivity index (χ0) is 12.7. The second kappa shape index (κ2) is 8.20. The van der Waals surface area contributed by atoms with Gasteiger partial charge in [-0.15, -0.1) is 0 Å². The molecule has 1 aliphatic carbocycles. The van der Waals surface area contributed by atoms with Crippen LogP contribution >= 0.6 is 24.0 Å². The highest BCUT2D eigenvalue weighted by Gasteiger charge is 2.17. The minimum atomic E-state index is 0.533. The van der Waals surface area contributed by atoms with Gasteiger partial charge in [-0.2, -0.15) is 11.8 Å². The normalized spacial score (nSPS) is 18.8. The molecule has 0 radical (unpaired) electrons. The van der Waals surface area contributed by atoms with Crippen LogP contribution in [0.1, 0.15) is 45.4 Å². The summed E-state index contributed by atoms with van der Waals surface area (Å²) in [5, 5.41) is 4.46. The van der Waals surface area contributed by atoms with Gasteiger partial charge >= 0.3 is 0 Å². The molecule has 0 heterocycles. The van der Waals surface area contributed by atoms with Crippen LogP contribution in [0.2, 0.25) is 0 Å². The Labute approximate surface area is 116 Å². The molecule has 1 unspecified atom stereocenters. The van der Waals surface area contributed by atoms with Crippen molar-refractivity contribution in [1.82, 2.24) is 10.2 Å². The van der Waals surface area contributed by atoms with Crippen molar-refractivity contribution in [3.8, 4) is 0 Å². The fourth-order valence-corrected chi connectivity index (χ4v) is 3.13. The van der Waals surface area contributed by atoms with Crippen molar-refractivity contribution in [2.75, 3.05) is 19.1 Å². The topological polar surface area (TPSA) is 15.3 Å². The summed E-state index contributed by atoms with van der Waals surface area (Å²) < 4.78 is 0. The van der Waals surface area contributed by atoms with Gasteiger partial charge in [-0.3, -0.25) is 0 Å². The summed E-state index contributed by atoms with van der Waals surface area (Å²) in [6.45, 7) is 2.26. The van der Waals surface area contributed by atoms with Crippen molar-refractivity contribution in [3.63, 3.8) is 0 Å². The lowest BCUT2D eigenvalue weighted by atomic mass is 9.96. The van der Waals surface area contributed by atoms with Crippen LogP contribution in [0, 0.1) is 0 Å². The second-order valence-electron chi connectivity index (χ2n) is 5.03. The Morgan fingerprint density at radius 3 is 2.65 bits per heavy atom. The van der Waals surface area contributed by atoms with Gasteiger partial charge in [0.25, 0.3) is 0 Å². The van der Waals surface area contributed by atoms with Gasteiger partial charge in [-0.05, 0) is 50.4 Å². The first kappa shape index (κ1) is 15.1. The minimum absolute atomic E-state index is 0.533. The molecule has 0 bridgehead atoms. The highest BCUT2D eigenvalue weighted by Crippen LogP contribution is 2.18. The molecule has 17 heavy (non-hydrogen) atoms. The SMILES string of the molecule is CSCCC(C)N(C)C(=S)NC1CCCCC1. The third kappa shape index (κ3) is 5.47. The maximum absolute atomic E-state index is 5.49. The fourth-order valence-electron chi connectivity index (χ4n) is 2.21. The van der Waals surface area contributed by atoms with Crippen LogP contribution in [0.3, 0.4) is 0 Å². The lowest BCUT2D eigenvalue weighted by Crippen LogP contribution is -2.46. The summed E-state index contributed by atoms with van der Waals surface area (Å²) in [5.41, 5.74) is 0. The summed E-state index contributed by atoms with van der Waals surface area (Å²) in [5.74, 6) is 1.21. The molecule has 100 valence electrons. The number of nitrogens with one attached hydrogen (secondary N) is 1. The Hall–Kier alpha value is 0.0400. The van der Waals surface area contributed by atoms with E-state index < -0.39 is 0 Å². The average molecular weight is 274 g/mol. The zero-order valence-electron chi connectivity index (χ0n) is 11.4. The smallest absolute Gasteiger partial charge is 0.169 e. The number of hydrogen-bond acceptors (Lipinski definition) is 2. The fraction of sp³-hybridized carbons (Fsp3) is 0.923. The molecule has 0 spiro atoms. The summed E-state index contributed by atoms with van der Waals surface area (Å²) in [6, 6.07) is 1.15. The maximum Gasteiger partial charge on any atom is 0.169 e. The largest absolute Gasteiger partial charge is 0.360 e. The van der Waals surface area contributed by atoms with E-state index in [1.807, 2.05) is 11.8 Å². The van der Waals surface area contributed by atoms with Crippen molar-refractivity contribution in [2.24, 2.45) is 0 Å². The molecule has 1 saturated carbocycles. The summed E-state index contributed by atoms with van der Waals surface area (Å²) in [4.78, 5) is 2.22. The highest BCUT2D eigenvalue weighted by atomic mass is 32.2. The summed E-state index contributed by atoms with van der Waals surface area (Å²) in [6.07, 6.45) is 10.0. The predicted octanol–water partition coefficient (Wildman–Crippen LogP) is 3.27. The summed E-state index contributed by atoms with van der Waals surface area (Å²) in [7, 11) is 2.11. The molecule has 0 aromatic heterocycles. The van der Waals surface area contributed by atoms with E-state index in [1.54, 1.807) is 0 Å². The molecule has 1 fully saturated rings. The van der Waals surface area contributed by atoms with Crippen molar-refractivity contribution in [1.29, 1.82) is 0 Å². The molecule has 2 nitrogen and oxygen atoms in total. The molecular weight excluding hydrogens is 248 g/mol. The molecule has 1 N–H and O–H groups in total. The van der Waals surface area contributed by atoms with Crippen molar-refractivity contribution < 1.29 is 0 Å². The van der Waals surface area contributed by atoms with Crippen LogP contribution in [0.5, 0.6) is 0 Å². The van der Waals surface area contributed by atoms with Crippen LogP contribution in [0.25, 0.3) is 0 Å². The first-order chi connectivity index (χ1) is 8.15. The Kier molecular flexibility index (Phi) is 7.28. The monoisotopic (exact) mass is 274 g/mol. The third-order valence-corrected chi connectivity index (χ3v) is 4.70. The van der Waals surface area contributed by atoms with Crippen molar-refractivity contribution in [2.45, 2.75) is 57.5 Å². The van der Waals surface area contributed by atoms with Gasteiger partial charge in [0, 0.05) is 19.1 Å². The Bertz CT molecular complexity index is 227. The van der Waals surface area contributed by atoms with Gasteiger partial charge < -0.3 is 10.2 Å². The number of rotatable bonds is 5. The van der Waals surface area contributed by atoms with E-state index in [1.165, 1.54) is 44.3 Å². The van der Waals surface area contributed by atoms with Crippen LogP contribution in [-0.4, -0.2) is 41.2 Å². The molecule has 0 aliphatic heterocycles. The molecule has 1 rings (SSSR count). The van der Waals surface area contributed by atoms with Gasteiger partial charge in [0.05, 0.1) is 0 Å². The highest BCUT2D eigenvalue weighted by molar-refractivity contribution is 7.98. The van der Waals surface area contributed by atoms with Gasteiger partial charge in [0.15, 0.2) is 5.11 Å². The Morgan fingerprint density at radius 2 is 2.06 bits per heavy atom. The Balaban J connectivity index is 2.29. The molecule has 0 aromatic carbocycles. The van der Waals surface area contributed by atoms with E-state index in [0.717, 1.165) is 5.11 Å². The molecule has 0 amide bonds. The van der Waals surface area contributed by atoms with Crippen LogP contribution in [0.4, 0.5) is 0 Å². The van der Waals surface area contributed by atoms with Gasteiger partial charge in [-0.25, -0.2) is 0 Å². The predicted molar refractivity (Wildman–Crippen MR) is 82.8 cm³/mol. The van der Waals surface area contributed by atoms with E-state index in [2.05, 4.69) is 30.4 Å². The quantitative estimate of drug-likeness (QED) is 0.774. The van der Waals surface area contributed by atoms with Crippen molar-refractivity contribution in [3.05, 3.63) is 0 Å². The maximum atomic E-state index is 5.49. The average Bonchev–Trinajstić information content (AvgIpc) is 2.36. The van der Waals surface area contributed by atoms with Gasteiger partial charge in [-0.1, -0.05) is 19.3 Å². The molecule has 4 heteroatoms. The lowest BCUT2D eigenvalue weighted by molar-refractivity contribution is 0.352. The molecule has 0 aromatic rings.